The molecule has 134 valence electrons. The van der Waals surface area contributed by atoms with Crippen LogP contribution >= 0.6 is 11.6 Å². The molecule has 0 saturated heterocycles. The summed E-state index contributed by atoms with van der Waals surface area (Å²) in [5.74, 6) is 0.0160. The van der Waals surface area contributed by atoms with Gasteiger partial charge >= 0.3 is 0 Å². The Labute approximate surface area is 151 Å². The van der Waals surface area contributed by atoms with Crippen molar-refractivity contribution in [2.75, 3.05) is 16.9 Å². The van der Waals surface area contributed by atoms with Crippen LogP contribution in [-0.4, -0.2) is 33.1 Å². The standard InChI is InChI=1S/C14H13ClN8O3/c1-8-13(20-25-18-8)17-22-23(14-9(2)19-26-21-14)7-12(24)16-11-6-4-3-5-10(11)15/h3-6H,7H2,1-2H3,(H,16,24). The average Bonchev–Trinajstić information content (AvgIpc) is 3.22. The lowest BCUT2D eigenvalue weighted by Gasteiger charge is -2.14. The molecule has 0 unspecified atom stereocenters. The number of anilines is 2. The fourth-order valence-corrected chi connectivity index (χ4v) is 2.10. The highest BCUT2D eigenvalue weighted by Crippen LogP contribution is 2.22. The first-order valence-electron chi connectivity index (χ1n) is 7.36. The first kappa shape index (κ1) is 17.5. The van der Waals surface area contributed by atoms with Gasteiger partial charge in [-0.05, 0) is 36.3 Å². The fourth-order valence-electron chi connectivity index (χ4n) is 1.91. The van der Waals surface area contributed by atoms with Crippen LogP contribution in [0.2, 0.25) is 5.02 Å². The van der Waals surface area contributed by atoms with Crippen molar-refractivity contribution < 1.29 is 14.1 Å². The zero-order valence-electron chi connectivity index (χ0n) is 13.7. The summed E-state index contributed by atoms with van der Waals surface area (Å²) < 4.78 is 9.22. The number of para-hydroxylation sites is 1. The van der Waals surface area contributed by atoms with Crippen LogP contribution in [0.1, 0.15) is 11.4 Å². The smallest absolute Gasteiger partial charge is 0.246 e. The zero-order valence-corrected chi connectivity index (χ0v) is 14.5. The van der Waals surface area contributed by atoms with Gasteiger partial charge in [-0.1, -0.05) is 39.3 Å². The SMILES string of the molecule is Cc1nonc1N=NN(CC(=O)Nc1ccccc1Cl)c1nonc1C. The number of aromatic nitrogens is 4. The lowest BCUT2D eigenvalue weighted by atomic mass is 10.3. The van der Waals surface area contributed by atoms with E-state index in [2.05, 4.69) is 45.5 Å². The van der Waals surface area contributed by atoms with Crippen molar-refractivity contribution in [3.8, 4) is 0 Å². The number of nitrogens with zero attached hydrogens (tertiary/aromatic N) is 7. The topological polar surface area (TPSA) is 135 Å². The molecule has 0 fully saturated rings. The van der Waals surface area contributed by atoms with Crippen LogP contribution in [0.4, 0.5) is 17.3 Å². The van der Waals surface area contributed by atoms with E-state index in [9.17, 15) is 4.79 Å². The van der Waals surface area contributed by atoms with E-state index in [0.29, 0.717) is 22.1 Å². The van der Waals surface area contributed by atoms with Gasteiger partial charge in [-0.2, -0.15) is 0 Å². The molecule has 0 radical (unpaired) electrons. The number of hydrogen-bond acceptors (Lipinski definition) is 9. The van der Waals surface area contributed by atoms with Gasteiger partial charge in [0, 0.05) is 0 Å². The Bertz CT molecular complexity index is 938. The van der Waals surface area contributed by atoms with Crippen LogP contribution in [0, 0.1) is 13.8 Å². The molecular formula is C14H13ClN8O3. The summed E-state index contributed by atoms with van der Waals surface area (Å²) in [6.45, 7) is 3.10. The molecule has 0 aliphatic heterocycles. The van der Waals surface area contributed by atoms with E-state index < -0.39 is 5.91 Å². The van der Waals surface area contributed by atoms with Crippen molar-refractivity contribution in [2.24, 2.45) is 10.3 Å². The third-order valence-corrected chi connectivity index (χ3v) is 3.52. The number of hydrogen-bond donors (Lipinski definition) is 1. The quantitative estimate of drug-likeness (QED) is 0.512. The van der Waals surface area contributed by atoms with Gasteiger partial charge in [0.15, 0.2) is 0 Å². The van der Waals surface area contributed by atoms with Crippen LogP contribution in [0.15, 0.2) is 43.9 Å². The molecule has 0 spiro atoms. The van der Waals surface area contributed by atoms with Crippen molar-refractivity contribution in [1.82, 2.24) is 20.6 Å². The molecule has 3 aromatic rings. The second-order valence-corrected chi connectivity index (χ2v) is 5.53. The van der Waals surface area contributed by atoms with Gasteiger partial charge in [-0.25, -0.2) is 14.3 Å². The van der Waals surface area contributed by atoms with Crippen molar-refractivity contribution in [3.63, 3.8) is 0 Å². The first-order valence-corrected chi connectivity index (χ1v) is 7.74. The van der Waals surface area contributed by atoms with Crippen LogP contribution in [0.25, 0.3) is 0 Å². The van der Waals surface area contributed by atoms with E-state index in [0.717, 1.165) is 0 Å². The molecule has 0 atom stereocenters. The monoisotopic (exact) mass is 376 g/mol. The molecule has 1 N–H and O–H groups in total. The maximum absolute atomic E-state index is 12.4. The highest BCUT2D eigenvalue weighted by atomic mass is 35.5. The molecule has 0 saturated carbocycles. The number of nitrogens with one attached hydrogen (secondary N) is 1. The number of benzene rings is 1. The third kappa shape index (κ3) is 4.00. The van der Waals surface area contributed by atoms with Gasteiger partial charge in [-0.3, -0.25) is 4.79 Å². The van der Waals surface area contributed by atoms with Crippen molar-refractivity contribution in [2.45, 2.75) is 13.8 Å². The van der Waals surface area contributed by atoms with Crippen molar-refractivity contribution in [3.05, 3.63) is 40.7 Å². The summed E-state index contributed by atoms with van der Waals surface area (Å²) in [5.41, 5.74) is 1.36. The van der Waals surface area contributed by atoms with E-state index in [-0.39, 0.29) is 18.2 Å². The van der Waals surface area contributed by atoms with Gasteiger partial charge in [0.2, 0.25) is 17.5 Å². The van der Waals surface area contributed by atoms with Gasteiger partial charge in [0.05, 0.1) is 10.7 Å². The van der Waals surface area contributed by atoms with Crippen LogP contribution < -0.4 is 10.3 Å². The second kappa shape index (κ2) is 7.70. The Morgan fingerprint density at radius 2 is 1.88 bits per heavy atom. The second-order valence-electron chi connectivity index (χ2n) is 5.12. The molecular weight excluding hydrogens is 364 g/mol. The molecule has 0 aliphatic rings. The van der Waals surface area contributed by atoms with E-state index in [1.165, 1.54) is 5.01 Å². The Morgan fingerprint density at radius 1 is 1.15 bits per heavy atom. The zero-order chi connectivity index (χ0) is 18.5. The third-order valence-electron chi connectivity index (χ3n) is 3.19. The molecule has 3 rings (SSSR count). The summed E-state index contributed by atoms with van der Waals surface area (Å²) in [6.07, 6.45) is 0. The fraction of sp³-hybridized carbons (Fsp3) is 0.214. The summed E-state index contributed by atoms with van der Waals surface area (Å²) in [7, 11) is 0. The van der Waals surface area contributed by atoms with E-state index in [1.807, 2.05) is 0 Å². The number of carbonyl (C=O) groups is 1. The maximum Gasteiger partial charge on any atom is 0.246 e. The molecule has 26 heavy (non-hydrogen) atoms. The van der Waals surface area contributed by atoms with E-state index in [1.54, 1.807) is 38.1 Å². The highest BCUT2D eigenvalue weighted by Gasteiger charge is 2.19. The first-order chi connectivity index (χ1) is 12.5. The number of rotatable bonds is 6. The Balaban J connectivity index is 1.79. The van der Waals surface area contributed by atoms with E-state index in [4.69, 9.17) is 11.6 Å². The van der Waals surface area contributed by atoms with Gasteiger partial charge in [0.25, 0.3) is 0 Å². The van der Waals surface area contributed by atoms with Gasteiger partial charge < -0.3 is 5.32 Å². The summed E-state index contributed by atoms with van der Waals surface area (Å²) in [4.78, 5) is 12.4. The van der Waals surface area contributed by atoms with Gasteiger partial charge in [-0.15, -0.1) is 5.11 Å². The lowest BCUT2D eigenvalue weighted by Crippen LogP contribution is -2.30. The summed E-state index contributed by atoms with van der Waals surface area (Å²) in [6, 6.07) is 6.86. The molecule has 12 heteroatoms. The Kier molecular flexibility index (Phi) is 5.17. The van der Waals surface area contributed by atoms with Crippen LogP contribution in [-0.2, 0) is 4.79 Å². The molecule has 0 aliphatic carbocycles. The molecule has 2 aromatic heterocycles. The summed E-state index contributed by atoms with van der Waals surface area (Å²) >= 11 is 6.04. The molecule has 1 aromatic carbocycles. The molecule has 11 nitrogen and oxygen atoms in total. The number of amides is 1. The minimum Gasteiger partial charge on any atom is -0.323 e. The summed E-state index contributed by atoms with van der Waals surface area (Å²) in [5, 5.41) is 26.8. The average molecular weight is 377 g/mol. The molecule has 2 heterocycles. The van der Waals surface area contributed by atoms with Gasteiger partial charge in [0.1, 0.15) is 17.9 Å². The Morgan fingerprint density at radius 3 is 2.54 bits per heavy atom. The largest absolute Gasteiger partial charge is 0.323 e. The predicted molar refractivity (Wildman–Crippen MR) is 90.0 cm³/mol. The molecule has 1 amide bonds. The van der Waals surface area contributed by atoms with Crippen molar-refractivity contribution in [1.29, 1.82) is 0 Å². The van der Waals surface area contributed by atoms with E-state index >= 15 is 0 Å². The normalized spacial score (nSPS) is 11.0. The van der Waals surface area contributed by atoms with Crippen molar-refractivity contribution >= 4 is 34.8 Å². The minimum atomic E-state index is -0.394. The maximum atomic E-state index is 12.4. The van der Waals surface area contributed by atoms with Crippen LogP contribution in [0.5, 0.6) is 0 Å². The minimum absolute atomic E-state index is 0.176. The Hall–Kier alpha value is -3.34. The number of carbonyl (C=O) groups excluding carboxylic acids is 1. The number of halogens is 1. The lowest BCUT2D eigenvalue weighted by molar-refractivity contribution is -0.115. The molecule has 0 bridgehead atoms. The predicted octanol–water partition coefficient (Wildman–Crippen LogP) is 2.87. The highest BCUT2D eigenvalue weighted by molar-refractivity contribution is 6.33. The van der Waals surface area contributed by atoms with Crippen LogP contribution in [0.3, 0.4) is 0 Å². The number of aryl methyl sites for hydroxylation is 2.